The fraction of sp³-hybridized carbons (Fsp3) is 0.600. The van der Waals surface area contributed by atoms with Gasteiger partial charge in [0.15, 0.2) is 0 Å². The van der Waals surface area contributed by atoms with Crippen molar-refractivity contribution < 1.29 is 24.3 Å². The maximum atomic E-state index is 11.0. The van der Waals surface area contributed by atoms with E-state index in [2.05, 4.69) is 15.0 Å². The number of aliphatic carboxylic acids is 1. The van der Waals surface area contributed by atoms with E-state index in [1.165, 1.54) is 12.2 Å². The van der Waals surface area contributed by atoms with Gasteiger partial charge >= 0.3 is 0 Å². The first kappa shape index (κ1) is 15.6. The van der Waals surface area contributed by atoms with Crippen molar-refractivity contribution in [3.63, 3.8) is 0 Å². The van der Waals surface area contributed by atoms with E-state index in [4.69, 9.17) is 0 Å². The van der Waals surface area contributed by atoms with E-state index in [9.17, 15) is 24.3 Å². The van der Waals surface area contributed by atoms with Crippen LogP contribution in [0.25, 0.3) is 0 Å². The van der Waals surface area contributed by atoms with Crippen LogP contribution in [-0.2, 0) is 19.2 Å². The maximum absolute atomic E-state index is 11.0. The molecular weight excluding hydrogens is 242 g/mol. The summed E-state index contributed by atoms with van der Waals surface area (Å²) in [4.78, 5) is 50.6. The van der Waals surface area contributed by atoms with Crippen LogP contribution in [0, 0.1) is 0 Å². The summed E-state index contributed by atoms with van der Waals surface area (Å²) in [5.41, 5.74) is -1.91. The molecule has 1 unspecified atom stereocenters. The van der Waals surface area contributed by atoms with Gasteiger partial charge in [-0.05, 0) is 19.3 Å². The lowest BCUT2D eigenvalue weighted by Gasteiger charge is -2.26. The third-order valence-electron chi connectivity index (χ3n) is 2.22. The quantitative estimate of drug-likeness (QED) is 0.284. The van der Waals surface area contributed by atoms with Gasteiger partial charge < -0.3 is 9.90 Å². The predicted molar refractivity (Wildman–Crippen MR) is 55.7 cm³/mol. The van der Waals surface area contributed by atoms with Gasteiger partial charge in [0.25, 0.3) is 0 Å². The number of unbranched alkanes of at least 4 members (excludes halogenated alkanes) is 1. The Hall–Kier alpha value is -2.39. The summed E-state index contributed by atoms with van der Waals surface area (Å²) in [6, 6.07) is 0. The Morgan fingerprint density at radius 2 is 1.72 bits per heavy atom. The number of isocyanates is 3. The van der Waals surface area contributed by atoms with Crippen molar-refractivity contribution in [3.8, 4) is 0 Å². The first-order valence-corrected chi connectivity index (χ1v) is 5.00. The summed E-state index contributed by atoms with van der Waals surface area (Å²) >= 11 is 0. The highest BCUT2D eigenvalue weighted by molar-refractivity contribution is 5.78. The van der Waals surface area contributed by atoms with Gasteiger partial charge in [0.2, 0.25) is 18.2 Å². The topological polar surface area (TPSA) is 128 Å². The molecule has 0 aliphatic rings. The summed E-state index contributed by atoms with van der Waals surface area (Å²) < 4.78 is 0. The molecule has 96 valence electrons. The largest absolute Gasteiger partial charge is 0.547 e. The number of nitrogens with zero attached hydrogens (tertiary/aromatic N) is 3. The molecule has 1 atom stereocenters. The first-order valence-electron chi connectivity index (χ1n) is 5.00. The number of carboxylic acid groups (broad SMARTS) is 1. The minimum Gasteiger partial charge on any atom is -0.547 e. The summed E-state index contributed by atoms with van der Waals surface area (Å²) in [6.45, 7) is -0.348. The molecule has 0 fully saturated rings. The van der Waals surface area contributed by atoms with Crippen molar-refractivity contribution in [1.82, 2.24) is 0 Å². The molecule has 0 spiro atoms. The molecule has 0 amide bonds. The van der Waals surface area contributed by atoms with Crippen LogP contribution in [0.15, 0.2) is 15.0 Å². The van der Waals surface area contributed by atoms with Gasteiger partial charge in [-0.25, -0.2) is 24.4 Å². The monoisotopic (exact) mass is 252 g/mol. The zero-order valence-electron chi connectivity index (χ0n) is 9.42. The number of rotatable bonds is 9. The van der Waals surface area contributed by atoms with E-state index in [1.54, 1.807) is 0 Å². The number of hydrogen-bond donors (Lipinski definition) is 0. The molecule has 18 heavy (non-hydrogen) atoms. The lowest BCUT2D eigenvalue weighted by atomic mass is 9.93. The van der Waals surface area contributed by atoms with Gasteiger partial charge in [-0.3, -0.25) is 0 Å². The van der Waals surface area contributed by atoms with E-state index in [1.807, 2.05) is 0 Å². The van der Waals surface area contributed by atoms with Crippen LogP contribution in [0.2, 0.25) is 0 Å². The number of aliphatic imine (C=N–C) groups is 3. The molecule has 0 aromatic carbocycles. The van der Waals surface area contributed by atoms with Crippen LogP contribution < -0.4 is 5.11 Å². The SMILES string of the molecule is O=C=NCCCCC(CN=C=O)(N=C=O)C(=O)[O-]. The molecule has 0 radical (unpaired) electrons. The number of hydrogen-bond acceptors (Lipinski definition) is 8. The zero-order valence-corrected chi connectivity index (χ0v) is 9.42. The summed E-state index contributed by atoms with van der Waals surface area (Å²) in [7, 11) is 0. The van der Waals surface area contributed by atoms with E-state index in [0.29, 0.717) is 12.8 Å². The Morgan fingerprint density at radius 3 is 2.22 bits per heavy atom. The second-order valence-electron chi connectivity index (χ2n) is 3.36. The van der Waals surface area contributed by atoms with Gasteiger partial charge in [-0.15, -0.1) is 0 Å². The molecule has 0 heterocycles. The van der Waals surface area contributed by atoms with Gasteiger partial charge in [-0.1, -0.05) is 0 Å². The van der Waals surface area contributed by atoms with Crippen LogP contribution in [0.5, 0.6) is 0 Å². The van der Waals surface area contributed by atoms with Gasteiger partial charge in [-0.2, -0.15) is 4.99 Å². The molecule has 0 N–H and O–H groups in total. The summed E-state index contributed by atoms with van der Waals surface area (Å²) in [5.74, 6) is -1.62. The second-order valence-corrected chi connectivity index (χ2v) is 3.36. The first-order chi connectivity index (χ1) is 8.63. The Balaban J connectivity index is 4.72. The maximum Gasteiger partial charge on any atom is 0.235 e. The number of carboxylic acids is 1. The van der Waals surface area contributed by atoms with Crippen LogP contribution in [0.1, 0.15) is 19.3 Å². The third kappa shape index (κ3) is 5.09. The van der Waals surface area contributed by atoms with Gasteiger partial charge in [0.1, 0.15) is 5.54 Å². The smallest absolute Gasteiger partial charge is 0.235 e. The van der Waals surface area contributed by atoms with Crippen molar-refractivity contribution in [2.75, 3.05) is 13.1 Å². The molecule has 0 saturated carbocycles. The molecular formula is C10H10N3O5-. The molecule has 8 heteroatoms. The fourth-order valence-corrected chi connectivity index (χ4v) is 1.29. The molecule has 0 aromatic heterocycles. The third-order valence-corrected chi connectivity index (χ3v) is 2.22. The Morgan fingerprint density at radius 1 is 1.06 bits per heavy atom. The molecule has 0 rings (SSSR count). The van der Waals surface area contributed by atoms with E-state index >= 15 is 0 Å². The Kier molecular flexibility index (Phi) is 7.57. The Labute approximate surface area is 102 Å². The molecule has 0 aliphatic carbocycles. The highest BCUT2D eigenvalue weighted by Gasteiger charge is 2.31. The summed E-state index contributed by atoms with van der Waals surface area (Å²) in [6.07, 6.45) is 4.27. The predicted octanol–water partition coefficient (Wildman–Crippen LogP) is -1.35. The fourth-order valence-electron chi connectivity index (χ4n) is 1.29. The molecule has 0 aliphatic heterocycles. The van der Waals surface area contributed by atoms with Gasteiger partial charge in [0.05, 0.1) is 19.1 Å². The molecule has 0 bridgehead atoms. The minimum atomic E-state index is -1.91. The van der Waals surface area contributed by atoms with E-state index in [0.717, 1.165) is 6.08 Å². The van der Waals surface area contributed by atoms with Crippen molar-refractivity contribution >= 4 is 24.2 Å². The number of carbonyl (C=O) groups excluding carboxylic acids is 4. The molecule has 8 nitrogen and oxygen atoms in total. The lowest BCUT2D eigenvalue weighted by molar-refractivity contribution is -0.312. The Bertz CT molecular complexity index is 427. The second kappa shape index (κ2) is 8.73. The van der Waals surface area contributed by atoms with Crippen LogP contribution in [0.3, 0.4) is 0 Å². The van der Waals surface area contributed by atoms with Crippen LogP contribution in [0.4, 0.5) is 0 Å². The van der Waals surface area contributed by atoms with Crippen LogP contribution in [-0.4, -0.2) is 42.8 Å². The molecule has 0 aromatic rings. The van der Waals surface area contributed by atoms with Crippen LogP contribution >= 0.6 is 0 Å². The molecule has 0 saturated heterocycles. The average molecular weight is 252 g/mol. The van der Waals surface area contributed by atoms with E-state index < -0.39 is 18.1 Å². The van der Waals surface area contributed by atoms with Gasteiger partial charge in [0, 0.05) is 0 Å². The van der Waals surface area contributed by atoms with Crippen molar-refractivity contribution in [2.45, 2.75) is 24.8 Å². The lowest BCUT2D eigenvalue weighted by Crippen LogP contribution is -2.49. The minimum absolute atomic E-state index is 0.0792. The highest BCUT2D eigenvalue weighted by atomic mass is 16.4. The normalized spacial score (nSPS) is 12.2. The van der Waals surface area contributed by atoms with Crippen molar-refractivity contribution in [1.29, 1.82) is 0 Å². The summed E-state index contributed by atoms with van der Waals surface area (Å²) in [5, 5.41) is 11.0. The standard InChI is InChI=1S/C10H11N3O5/c14-6-11-4-2-1-3-10(9(17)18,13-8-16)5-12-7-15/h1-5H2,(H,17,18)/p-1. The van der Waals surface area contributed by atoms with Crippen molar-refractivity contribution in [2.24, 2.45) is 15.0 Å². The van der Waals surface area contributed by atoms with E-state index in [-0.39, 0.29) is 13.0 Å². The zero-order chi connectivity index (χ0) is 13.9. The number of carbonyl (C=O) groups is 1. The van der Waals surface area contributed by atoms with Crippen molar-refractivity contribution in [3.05, 3.63) is 0 Å². The average Bonchev–Trinajstić information content (AvgIpc) is 2.35. The highest BCUT2D eigenvalue weighted by Crippen LogP contribution is 2.19.